The van der Waals surface area contributed by atoms with Crippen molar-refractivity contribution in [3.05, 3.63) is 29.0 Å². The Morgan fingerprint density at radius 2 is 1.67 bits per heavy atom. The number of methoxy groups -OCH3 is 3. The maximum Gasteiger partial charge on any atom is 0.338 e. The Morgan fingerprint density at radius 3 is 2.21 bits per heavy atom. The van der Waals surface area contributed by atoms with E-state index >= 15 is 0 Å². The highest BCUT2D eigenvalue weighted by molar-refractivity contribution is 5.97. The van der Waals surface area contributed by atoms with E-state index < -0.39 is 36.5 Å². The van der Waals surface area contributed by atoms with Gasteiger partial charge in [0.1, 0.15) is 13.2 Å². The van der Waals surface area contributed by atoms with Crippen LogP contribution in [-0.2, 0) is 19.1 Å². The molecular formula is C21H27N3O9. The van der Waals surface area contributed by atoms with E-state index in [4.69, 9.17) is 23.7 Å². The van der Waals surface area contributed by atoms with Crippen molar-refractivity contribution in [3.8, 4) is 17.2 Å². The van der Waals surface area contributed by atoms with Crippen LogP contribution in [0.5, 0.6) is 17.2 Å². The minimum Gasteiger partial charge on any atom is -0.493 e. The van der Waals surface area contributed by atoms with Crippen LogP contribution in [0.4, 0.5) is 4.79 Å². The third kappa shape index (κ3) is 6.28. The summed E-state index contributed by atoms with van der Waals surface area (Å²) in [5.41, 5.74) is 0.420. The standard InChI is InChI=1S/C21H27N3O9/c1-6-32-20(27)17-11(2)23-21(28)24-13(17)10-33-16(25)9-22-19(26)12-7-14(29-3)18(31-5)15(8-12)30-4/h7-8,11H,6,9-10H2,1-5H3,(H,22,26)(H2,23,24,28)/t11-/m1/s1. The number of benzene rings is 1. The largest absolute Gasteiger partial charge is 0.493 e. The first-order valence-corrected chi connectivity index (χ1v) is 9.97. The molecule has 12 nitrogen and oxygen atoms in total. The van der Waals surface area contributed by atoms with E-state index in [0.717, 1.165) is 0 Å². The number of esters is 2. The van der Waals surface area contributed by atoms with Gasteiger partial charge in [-0.05, 0) is 26.0 Å². The van der Waals surface area contributed by atoms with Crippen LogP contribution in [0.25, 0.3) is 0 Å². The molecule has 1 aliphatic heterocycles. The average Bonchev–Trinajstić information content (AvgIpc) is 2.79. The molecule has 0 bridgehead atoms. The van der Waals surface area contributed by atoms with E-state index in [2.05, 4.69) is 16.0 Å². The Hall–Kier alpha value is -3.96. The highest BCUT2D eigenvalue weighted by atomic mass is 16.5. The molecule has 33 heavy (non-hydrogen) atoms. The zero-order chi connectivity index (χ0) is 24.5. The number of carbonyl (C=O) groups excluding carboxylic acids is 4. The molecule has 1 aromatic rings. The molecular weight excluding hydrogens is 438 g/mol. The molecule has 0 saturated heterocycles. The van der Waals surface area contributed by atoms with Crippen molar-refractivity contribution < 1.29 is 42.9 Å². The Balaban J connectivity index is 2.03. The van der Waals surface area contributed by atoms with Gasteiger partial charge in [-0.15, -0.1) is 0 Å². The molecule has 0 fully saturated rings. The highest BCUT2D eigenvalue weighted by Crippen LogP contribution is 2.38. The number of amides is 3. The number of hydrogen-bond acceptors (Lipinski definition) is 9. The van der Waals surface area contributed by atoms with Gasteiger partial charge in [0.25, 0.3) is 5.91 Å². The van der Waals surface area contributed by atoms with Crippen LogP contribution >= 0.6 is 0 Å². The first-order chi connectivity index (χ1) is 15.7. The van der Waals surface area contributed by atoms with Crippen molar-refractivity contribution in [2.24, 2.45) is 0 Å². The summed E-state index contributed by atoms with van der Waals surface area (Å²) in [6.07, 6.45) is 0. The van der Waals surface area contributed by atoms with Crippen molar-refractivity contribution in [2.75, 3.05) is 41.1 Å². The van der Waals surface area contributed by atoms with Gasteiger partial charge >= 0.3 is 18.0 Å². The second kappa shape index (κ2) is 11.6. The summed E-state index contributed by atoms with van der Waals surface area (Å²) in [5, 5.41) is 7.40. The molecule has 3 N–H and O–H groups in total. The summed E-state index contributed by atoms with van der Waals surface area (Å²) in [7, 11) is 4.26. The summed E-state index contributed by atoms with van der Waals surface area (Å²) in [5.74, 6) is -1.13. The Labute approximate surface area is 190 Å². The lowest BCUT2D eigenvalue weighted by molar-refractivity contribution is -0.142. The van der Waals surface area contributed by atoms with Crippen molar-refractivity contribution in [1.29, 1.82) is 0 Å². The summed E-state index contributed by atoms with van der Waals surface area (Å²) in [6, 6.07) is 1.69. The summed E-state index contributed by atoms with van der Waals surface area (Å²) >= 11 is 0. The number of urea groups is 1. The van der Waals surface area contributed by atoms with E-state index in [1.807, 2.05) is 0 Å². The van der Waals surface area contributed by atoms with E-state index in [1.165, 1.54) is 33.5 Å². The Kier molecular flexibility index (Phi) is 8.89. The number of hydrogen-bond donors (Lipinski definition) is 3. The smallest absolute Gasteiger partial charge is 0.338 e. The number of rotatable bonds is 10. The molecule has 1 aromatic carbocycles. The first kappa shape index (κ1) is 25.3. The first-order valence-electron chi connectivity index (χ1n) is 9.97. The second-order valence-corrected chi connectivity index (χ2v) is 6.69. The van der Waals surface area contributed by atoms with Gasteiger partial charge in [-0.3, -0.25) is 9.59 Å². The van der Waals surface area contributed by atoms with Gasteiger partial charge in [-0.2, -0.15) is 0 Å². The van der Waals surface area contributed by atoms with Crippen LogP contribution in [0.2, 0.25) is 0 Å². The fraction of sp³-hybridized carbons (Fsp3) is 0.429. The zero-order valence-corrected chi connectivity index (χ0v) is 19.0. The second-order valence-electron chi connectivity index (χ2n) is 6.69. The third-order valence-electron chi connectivity index (χ3n) is 4.56. The lowest BCUT2D eigenvalue weighted by Crippen LogP contribution is -2.50. The van der Waals surface area contributed by atoms with Gasteiger partial charge in [0, 0.05) is 5.56 Å². The quantitative estimate of drug-likeness (QED) is 0.420. The monoisotopic (exact) mass is 465 g/mol. The summed E-state index contributed by atoms with van der Waals surface area (Å²) in [6.45, 7) is 2.55. The fourth-order valence-electron chi connectivity index (χ4n) is 3.06. The molecule has 180 valence electrons. The maximum atomic E-state index is 12.5. The van der Waals surface area contributed by atoms with Gasteiger partial charge in [0.15, 0.2) is 11.5 Å². The minimum absolute atomic E-state index is 0.106. The number of nitrogens with one attached hydrogen (secondary N) is 3. The molecule has 3 amide bonds. The molecule has 1 atom stereocenters. The molecule has 1 heterocycles. The Morgan fingerprint density at radius 1 is 1.03 bits per heavy atom. The molecule has 0 saturated carbocycles. The van der Waals surface area contributed by atoms with Crippen molar-refractivity contribution in [1.82, 2.24) is 16.0 Å². The zero-order valence-electron chi connectivity index (χ0n) is 19.0. The van der Waals surface area contributed by atoms with Gasteiger partial charge in [-0.25, -0.2) is 9.59 Å². The number of ether oxygens (including phenoxy) is 5. The van der Waals surface area contributed by atoms with E-state index in [-0.39, 0.29) is 41.5 Å². The van der Waals surface area contributed by atoms with Crippen molar-refractivity contribution in [2.45, 2.75) is 19.9 Å². The number of carbonyl (C=O) groups is 4. The molecule has 0 unspecified atom stereocenters. The molecule has 1 aliphatic rings. The summed E-state index contributed by atoms with van der Waals surface area (Å²) < 4.78 is 25.7. The van der Waals surface area contributed by atoms with Gasteiger partial charge in [0.05, 0.1) is 45.2 Å². The molecule has 2 rings (SSSR count). The van der Waals surface area contributed by atoms with E-state index in [1.54, 1.807) is 13.8 Å². The molecule has 0 aliphatic carbocycles. The maximum absolute atomic E-state index is 12.5. The van der Waals surface area contributed by atoms with Gasteiger partial charge < -0.3 is 39.6 Å². The third-order valence-corrected chi connectivity index (χ3v) is 4.56. The average molecular weight is 465 g/mol. The van der Waals surface area contributed by atoms with Gasteiger partial charge in [-0.1, -0.05) is 0 Å². The Bertz CT molecular complexity index is 933. The van der Waals surface area contributed by atoms with Crippen molar-refractivity contribution in [3.63, 3.8) is 0 Å². The van der Waals surface area contributed by atoms with Crippen LogP contribution in [0.15, 0.2) is 23.4 Å². The fourth-order valence-corrected chi connectivity index (χ4v) is 3.06. The molecule has 0 aromatic heterocycles. The molecule has 12 heteroatoms. The van der Waals surface area contributed by atoms with E-state index in [0.29, 0.717) is 5.75 Å². The highest BCUT2D eigenvalue weighted by Gasteiger charge is 2.30. The van der Waals surface area contributed by atoms with E-state index in [9.17, 15) is 19.2 Å². The molecule has 0 radical (unpaired) electrons. The van der Waals surface area contributed by atoms with Crippen LogP contribution < -0.4 is 30.2 Å². The topological polar surface area (TPSA) is 151 Å². The van der Waals surface area contributed by atoms with Crippen molar-refractivity contribution >= 4 is 23.9 Å². The van der Waals surface area contributed by atoms with Crippen LogP contribution in [-0.4, -0.2) is 71.0 Å². The summed E-state index contributed by atoms with van der Waals surface area (Å²) in [4.78, 5) is 48.6. The van der Waals surface area contributed by atoms with Crippen LogP contribution in [0, 0.1) is 0 Å². The lowest BCUT2D eigenvalue weighted by Gasteiger charge is -2.26. The predicted molar refractivity (Wildman–Crippen MR) is 114 cm³/mol. The minimum atomic E-state index is -0.785. The van der Waals surface area contributed by atoms with Gasteiger partial charge in [0.2, 0.25) is 5.75 Å². The van der Waals surface area contributed by atoms with Crippen LogP contribution in [0.1, 0.15) is 24.2 Å². The predicted octanol–water partition coefficient (Wildman–Crippen LogP) is 0.504. The SMILES string of the molecule is CCOC(=O)C1=C(COC(=O)CNC(=O)c2cc(OC)c(OC)c(OC)c2)NC(=O)N[C@@H]1C. The lowest BCUT2D eigenvalue weighted by atomic mass is 10.0. The van der Waals surface area contributed by atoms with Crippen LogP contribution in [0.3, 0.4) is 0 Å². The normalized spacial score (nSPS) is 15.1. The molecule has 0 spiro atoms.